The summed E-state index contributed by atoms with van der Waals surface area (Å²) in [7, 11) is 0. The van der Waals surface area contributed by atoms with Gasteiger partial charge in [0.1, 0.15) is 0 Å². The highest BCUT2D eigenvalue weighted by molar-refractivity contribution is 5.99. The summed E-state index contributed by atoms with van der Waals surface area (Å²) in [6, 6.07) is 11.3. The summed E-state index contributed by atoms with van der Waals surface area (Å²) >= 11 is 0. The molecule has 0 radical (unpaired) electrons. The average molecular weight is 253 g/mol. The Morgan fingerprint density at radius 3 is 2.84 bits per heavy atom. The lowest BCUT2D eigenvalue weighted by Gasteiger charge is -2.15. The molecule has 96 valence electrons. The first-order valence-electron chi connectivity index (χ1n) is 6.32. The fraction of sp³-hybridized carbons (Fsp3) is 0.200. The van der Waals surface area contributed by atoms with Crippen LogP contribution in [0.1, 0.15) is 21.6 Å². The fourth-order valence-electron chi connectivity index (χ4n) is 2.39. The number of pyridine rings is 1. The third-order valence-electron chi connectivity index (χ3n) is 3.44. The largest absolute Gasteiger partial charge is 0.398 e. The number of carbonyl (C=O) groups excluding carboxylic acids is 1. The molecule has 0 fully saturated rings. The number of nitrogens with zero attached hydrogens (tertiary/aromatic N) is 2. The maximum Gasteiger partial charge on any atom is 0.254 e. The maximum absolute atomic E-state index is 12.2. The summed E-state index contributed by atoms with van der Waals surface area (Å²) in [5, 5.41) is 0. The molecule has 2 aromatic rings. The first-order chi connectivity index (χ1) is 9.25. The van der Waals surface area contributed by atoms with Crippen LogP contribution < -0.4 is 5.73 Å². The lowest BCUT2D eigenvalue weighted by atomic mass is 10.1. The predicted molar refractivity (Wildman–Crippen MR) is 73.5 cm³/mol. The second-order valence-electron chi connectivity index (χ2n) is 4.67. The van der Waals surface area contributed by atoms with Crippen molar-refractivity contribution in [2.75, 3.05) is 12.3 Å². The van der Waals surface area contributed by atoms with E-state index in [4.69, 9.17) is 5.73 Å². The molecule has 0 unspecified atom stereocenters. The van der Waals surface area contributed by atoms with Crippen LogP contribution in [0.3, 0.4) is 0 Å². The monoisotopic (exact) mass is 253 g/mol. The van der Waals surface area contributed by atoms with Crippen molar-refractivity contribution in [3.63, 3.8) is 0 Å². The first-order valence-corrected chi connectivity index (χ1v) is 6.32. The molecule has 4 heteroatoms. The van der Waals surface area contributed by atoms with Crippen molar-refractivity contribution in [3.05, 3.63) is 59.4 Å². The van der Waals surface area contributed by atoms with Gasteiger partial charge < -0.3 is 10.6 Å². The normalized spacial score (nSPS) is 13.7. The summed E-state index contributed by atoms with van der Waals surface area (Å²) in [5.74, 6) is 0.0678. The van der Waals surface area contributed by atoms with Gasteiger partial charge in [0.05, 0.1) is 0 Å². The molecule has 1 aliphatic rings. The molecule has 0 bridgehead atoms. The highest BCUT2D eigenvalue weighted by Crippen LogP contribution is 2.27. The third kappa shape index (κ3) is 2.17. The molecule has 2 N–H and O–H groups in total. The number of carbonyl (C=O) groups is 1. The van der Waals surface area contributed by atoms with Gasteiger partial charge in [-0.2, -0.15) is 0 Å². The molecule has 19 heavy (non-hydrogen) atoms. The molecular formula is C15H15N3O. The van der Waals surface area contributed by atoms with Crippen molar-refractivity contribution in [2.24, 2.45) is 0 Å². The molecule has 1 aromatic heterocycles. The second-order valence-corrected chi connectivity index (χ2v) is 4.67. The maximum atomic E-state index is 12.2. The zero-order valence-electron chi connectivity index (χ0n) is 10.5. The highest BCUT2D eigenvalue weighted by Gasteiger charge is 2.28. The van der Waals surface area contributed by atoms with E-state index in [2.05, 4.69) is 4.98 Å². The zero-order chi connectivity index (χ0) is 13.2. The number of benzene rings is 1. The van der Waals surface area contributed by atoms with Crippen LogP contribution in [0.4, 0.5) is 5.69 Å². The van der Waals surface area contributed by atoms with Gasteiger partial charge in [-0.05, 0) is 24.3 Å². The smallest absolute Gasteiger partial charge is 0.254 e. The van der Waals surface area contributed by atoms with Gasteiger partial charge in [-0.3, -0.25) is 9.78 Å². The summed E-state index contributed by atoms with van der Waals surface area (Å²) in [4.78, 5) is 18.3. The Labute approximate surface area is 111 Å². The molecule has 1 aromatic carbocycles. The van der Waals surface area contributed by atoms with E-state index in [9.17, 15) is 4.79 Å². The van der Waals surface area contributed by atoms with Crippen molar-refractivity contribution in [1.29, 1.82) is 0 Å². The van der Waals surface area contributed by atoms with Gasteiger partial charge in [0.2, 0.25) is 0 Å². The minimum Gasteiger partial charge on any atom is -0.398 e. The highest BCUT2D eigenvalue weighted by atomic mass is 16.2. The van der Waals surface area contributed by atoms with E-state index in [-0.39, 0.29) is 5.91 Å². The molecule has 3 rings (SSSR count). The van der Waals surface area contributed by atoms with Gasteiger partial charge in [0.15, 0.2) is 0 Å². The Morgan fingerprint density at radius 1 is 1.21 bits per heavy atom. The van der Waals surface area contributed by atoms with Crippen LogP contribution in [0.25, 0.3) is 0 Å². The van der Waals surface area contributed by atoms with Crippen molar-refractivity contribution in [3.8, 4) is 0 Å². The number of anilines is 1. The number of hydrogen-bond acceptors (Lipinski definition) is 3. The number of fused-ring (bicyclic) bond motifs is 1. The van der Waals surface area contributed by atoms with Gasteiger partial charge in [0, 0.05) is 48.2 Å². The summed E-state index contributed by atoms with van der Waals surface area (Å²) < 4.78 is 0. The van der Waals surface area contributed by atoms with Gasteiger partial charge in [-0.15, -0.1) is 0 Å². The Kier molecular flexibility index (Phi) is 2.91. The van der Waals surface area contributed by atoms with Crippen LogP contribution in [0.2, 0.25) is 0 Å². The van der Waals surface area contributed by atoms with Gasteiger partial charge in [0.25, 0.3) is 5.91 Å². The van der Waals surface area contributed by atoms with Crippen LogP contribution >= 0.6 is 0 Å². The third-order valence-corrected chi connectivity index (χ3v) is 3.44. The van der Waals surface area contributed by atoms with Gasteiger partial charge in [-0.25, -0.2) is 0 Å². The van der Waals surface area contributed by atoms with Crippen molar-refractivity contribution in [2.45, 2.75) is 13.0 Å². The molecule has 0 saturated heterocycles. The Morgan fingerprint density at radius 2 is 2.11 bits per heavy atom. The molecule has 4 nitrogen and oxygen atoms in total. The summed E-state index contributed by atoms with van der Waals surface area (Å²) in [6.07, 6.45) is 2.54. The second kappa shape index (κ2) is 4.72. The van der Waals surface area contributed by atoms with Crippen LogP contribution in [0.5, 0.6) is 0 Å². The van der Waals surface area contributed by atoms with Crippen LogP contribution in [0.15, 0.2) is 42.6 Å². The number of nitrogens with two attached hydrogens (primary N) is 1. The van der Waals surface area contributed by atoms with E-state index in [1.807, 2.05) is 41.3 Å². The molecule has 0 atom stereocenters. The van der Waals surface area contributed by atoms with Crippen LogP contribution in [-0.4, -0.2) is 22.3 Å². The van der Waals surface area contributed by atoms with Crippen LogP contribution in [0, 0.1) is 0 Å². The van der Waals surface area contributed by atoms with E-state index in [0.717, 1.165) is 23.2 Å². The van der Waals surface area contributed by atoms with Crippen molar-refractivity contribution in [1.82, 2.24) is 9.88 Å². The molecule has 0 aliphatic carbocycles. The quantitative estimate of drug-likeness (QED) is 0.849. The van der Waals surface area contributed by atoms with Gasteiger partial charge >= 0.3 is 0 Å². The van der Waals surface area contributed by atoms with Crippen molar-refractivity contribution >= 4 is 11.6 Å². The predicted octanol–water partition coefficient (Wildman–Crippen LogP) is 1.86. The van der Waals surface area contributed by atoms with Gasteiger partial charge in [-0.1, -0.05) is 12.1 Å². The first kappa shape index (κ1) is 11.7. The van der Waals surface area contributed by atoms with E-state index in [1.54, 1.807) is 6.20 Å². The lowest BCUT2D eigenvalue weighted by molar-refractivity contribution is 0.0780. The van der Waals surface area contributed by atoms with E-state index < -0.39 is 0 Å². The number of hydrogen-bond donors (Lipinski definition) is 1. The van der Waals surface area contributed by atoms with E-state index in [1.165, 1.54) is 0 Å². The average Bonchev–Trinajstić information content (AvgIpc) is 2.77. The summed E-state index contributed by atoms with van der Waals surface area (Å²) in [6.45, 7) is 1.28. The fourth-order valence-corrected chi connectivity index (χ4v) is 2.39. The molecule has 0 saturated carbocycles. The Bertz CT molecular complexity index is 610. The van der Waals surface area contributed by atoms with Crippen LogP contribution in [-0.2, 0) is 13.0 Å². The number of nitrogen functional groups attached to an aromatic ring is 1. The Balaban J connectivity index is 1.72. The van der Waals surface area contributed by atoms with E-state index >= 15 is 0 Å². The minimum atomic E-state index is 0.0678. The number of aromatic nitrogens is 1. The Hall–Kier alpha value is -2.36. The molecule has 1 amide bonds. The zero-order valence-corrected chi connectivity index (χ0v) is 10.5. The van der Waals surface area contributed by atoms with E-state index in [0.29, 0.717) is 18.8 Å². The molecule has 0 spiro atoms. The molecule has 1 aliphatic heterocycles. The van der Waals surface area contributed by atoms with Crippen molar-refractivity contribution < 1.29 is 4.79 Å². The minimum absolute atomic E-state index is 0.0678. The number of amides is 1. The summed E-state index contributed by atoms with van der Waals surface area (Å²) in [5.41, 5.74) is 9.30. The standard InChI is InChI=1S/C15H15N3O/c16-14-6-3-5-12-13(14)10-18(15(12)19)9-7-11-4-1-2-8-17-11/h1-6,8H,7,9-10,16H2. The molecular weight excluding hydrogens is 238 g/mol. The lowest BCUT2D eigenvalue weighted by Crippen LogP contribution is -2.26. The number of rotatable bonds is 3. The molecule has 2 heterocycles. The topological polar surface area (TPSA) is 59.2 Å². The SMILES string of the molecule is Nc1cccc2c1CN(CCc1ccccn1)C2=O.